The van der Waals surface area contributed by atoms with Crippen molar-refractivity contribution in [2.75, 3.05) is 0 Å². The molecule has 0 fully saturated rings. The van der Waals surface area contributed by atoms with E-state index in [4.69, 9.17) is 16.7 Å². The lowest BCUT2D eigenvalue weighted by molar-refractivity contribution is -0.136. The van der Waals surface area contributed by atoms with Crippen LogP contribution in [0.4, 0.5) is 0 Å². The highest BCUT2D eigenvalue weighted by molar-refractivity contribution is 7.17. The zero-order valence-corrected chi connectivity index (χ0v) is 9.10. The minimum Gasteiger partial charge on any atom is -0.507 e. The topological polar surface area (TPSA) is 57.5 Å². The van der Waals surface area contributed by atoms with Gasteiger partial charge in [-0.15, -0.1) is 11.3 Å². The number of carboxylic acids is 1. The van der Waals surface area contributed by atoms with Gasteiger partial charge in [-0.05, 0) is 23.1 Å². The second-order valence-corrected chi connectivity index (χ2v) is 4.48. The van der Waals surface area contributed by atoms with Crippen LogP contribution in [-0.2, 0) is 11.2 Å². The van der Waals surface area contributed by atoms with Gasteiger partial charge in [-0.2, -0.15) is 0 Å². The van der Waals surface area contributed by atoms with Crippen molar-refractivity contribution in [2.24, 2.45) is 0 Å². The van der Waals surface area contributed by atoms with Crippen molar-refractivity contribution in [2.45, 2.75) is 6.42 Å². The third-order valence-corrected chi connectivity index (χ3v) is 3.23. The molecule has 0 amide bonds. The normalized spacial score (nSPS) is 10.7. The van der Waals surface area contributed by atoms with Crippen molar-refractivity contribution in [3.8, 4) is 5.75 Å². The Morgan fingerprint density at radius 2 is 2.20 bits per heavy atom. The Balaban J connectivity index is 2.63. The Bertz CT molecular complexity index is 533. The van der Waals surface area contributed by atoms with Crippen molar-refractivity contribution < 1.29 is 15.0 Å². The van der Waals surface area contributed by atoms with E-state index in [-0.39, 0.29) is 12.2 Å². The minimum atomic E-state index is -0.913. The quantitative estimate of drug-likeness (QED) is 0.851. The first kappa shape index (κ1) is 10.3. The molecule has 0 unspecified atom stereocenters. The van der Waals surface area contributed by atoms with Gasteiger partial charge in [0.15, 0.2) is 0 Å². The fourth-order valence-electron chi connectivity index (χ4n) is 1.47. The molecular formula is C10H7ClO3S. The van der Waals surface area contributed by atoms with E-state index in [0.717, 1.165) is 4.70 Å². The van der Waals surface area contributed by atoms with Gasteiger partial charge in [-0.1, -0.05) is 11.6 Å². The SMILES string of the molecule is O=C(O)Cc1csc2cc(Cl)cc(O)c12. The predicted molar refractivity (Wildman–Crippen MR) is 59.8 cm³/mol. The van der Waals surface area contributed by atoms with Gasteiger partial charge in [0.25, 0.3) is 0 Å². The van der Waals surface area contributed by atoms with Gasteiger partial charge >= 0.3 is 5.97 Å². The number of thiophene rings is 1. The smallest absolute Gasteiger partial charge is 0.307 e. The van der Waals surface area contributed by atoms with E-state index in [9.17, 15) is 9.90 Å². The van der Waals surface area contributed by atoms with Crippen LogP contribution in [0.2, 0.25) is 5.02 Å². The molecule has 2 aromatic rings. The number of carboxylic acid groups (broad SMARTS) is 1. The molecule has 1 aromatic heterocycles. The first-order valence-corrected chi connectivity index (χ1v) is 5.44. The number of hydrogen-bond donors (Lipinski definition) is 2. The lowest BCUT2D eigenvalue weighted by Crippen LogP contribution is -1.98. The number of aliphatic carboxylic acids is 1. The Labute approximate surface area is 94.5 Å². The number of halogens is 1. The van der Waals surface area contributed by atoms with Crippen LogP contribution in [0, 0.1) is 0 Å². The first-order valence-electron chi connectivity index (χ1n) is 4.18. The van der Waals surface area contributed by atoms with E-state index in [1.165, 1.54) is 17.4 Å². The second-order valence-electron chi connectivity index (χ2n) is 3.13. The molecule has 1 heterocycles. The number of carbonyl (C=O) groups is 1. The van der Waals surface area contributed by atoms with Crippen molar-refractivity contribution in [1.82, 2.24) is 0 Å². The van der Waals surface area contributed by atoms with Crippen LogP contribution in [0.15, 0.2) is 17.5 Å². The molecule has 15 heavy (non-hydrogen) atoms. The van der Waals surface area contributed by atoms with E-state index in [2.05, 4.69) is 0 Å². The average Bonchev–Trinajstić information content (AvgIpc) is 2.46. The van der Waals surface area contributed by atoms with Crippen molar-refractivity contribution in [3.05, 3.63) is 28.1 Å². The summed E-state index contributed by atoms with van der Waals surface area (Å²) < 4.78 is 0.802. The molecule has 2 N–H and O–H groups in total. The van der Waals surface area contributed by atoms with Crippen LogP contribution in [-0.4, -0.2) is 16.2 Å². The maximum Gasteiger partial charge on any atom is 0.307 e. The fourth-order valence-corrected chi connectivity index (χ4v) is 2.77. The van der Waals surface area contributed by atoms with E-state index in [0.29, 0.717) is 16.0 Å². The standard InChI is InChI=1S/C10H7ClO3S/c11-6-2-7(12)10-5(1-9(13)14)4-15-8(10)3-6/h2-4,12H,1H2,(H,13,14). The molecule has 0 saturated carbocycles. The summed E-state index contributed by atoms with van der Waals surface area (Å²) in [6, 6.07) is 3.13. The van der Waals surface area contributed by atoms with Crippen molar-refractivity contribution in [3.63, 3.8) is 0 Å². The average molecular weight is 243 g/mol. The number of hydrogen-bond acceptors (Lipinski definition) is 3. The highest BCUT2D eigenvalue weighted by atomic mass is 35.5. The summed E-state index contributed by atoms with van der Waals surface area (Å²) in [6.07, 6.45) is -0.0881. The molecule has 0 aliphatic carbocycles. The van der Waals surface area contributed by atoms with E-state index in [1.54, 1.807) is 11.4 Å². The molecule has 0 aliphatic heterocycles. The van der Waals surface area contributed by atoms with Gasteiger partial charge in [0, 0.05) is 15.1 Å². The van der Waals surface area contributed by atoms with E-state index < -0.39 is 5.97 Å². The summed E-state index contributed by atoms with van der Waals surface area (Å²) in [6.45, 7) is 0. The van der Waals surface area contributed by atoms with Gasteiger partial charge in [-0.25, -0.2) is 0 Å². The van der Waals surface area contributed by atoms with Gasteiger partial charge in [-0.3, -0.25) is 4.79 Å². The summed E-state index contributed by atoms with van der Waals surface area (Å²) >= 11 is 7.15. The first-order chi connectivity index (χ1) is 7.08. The van der Waals surface area contributed by atoms with Crippen LogP contribution in [0.3, 0.4) is 0 Å². The minimum absolute atomic E-state index is 0.0370. The number of phenols is 1. The zero-order chi connectivity index (χ0) is 11.0. The largest absolute Gasteiger partial charge is 0.507 e. The fraction of sp³-hybridized carbons (Fsp3) is 0.100. The second kappa shape index (κ2) is 3.72. The number of rotatable bonds is 2. The summed E-state index contributed by atoms with van der Waals surface area (Å²) in [7, 11) is 0. The maximum absolute atomic E-state index is 10.6. The van der Waals surface area contributed by atoms with Crippen LogP contribution < -0.4 is 0 Å². The summed E-state index contributed by atoms with van der Waals surface area (Å²) in [5, 5.41) is 21.1. The van der Waals surface area contributed by atoms with Gasteiger partial charge < -0.3 is 10.2 Å². The lowest BCUT2D eigenvalue weighted by Gasteiger charge is -1.99. The molecule has 0 bridgehead atoms. The van der Waals surface area contributed by atoms with E-state index >= 15 is 0 Å². The van der Waals surface area contributed by atoms with Crippen molar-refractivity contribution in [1.29, 1.82) is 0 Å². The van der Waals surface area contributed by atoms with E-state index in [1.807, 2.05) is 0 Å². The number of benzene rings is 1. The molecule has 0 radical (unpaired) electrons. The Morgan fingerprint density at radius 1 is 1.47 bits per heavy atom. The van der Waals surface area contributed by atoms with Crippen LogP contribution >= 0.6 is 22.9 Å². The molecule has 5 heteroatoms. The number of phenolic OH excluding ortho intramolecular Hbond substituents is 1. The zero-order valence-electron chi connectivity index (χ0n) is 7.53. The molecule has 0 atom stereocenters. The molecule has 3 nitrogen and oxygen atoms in total. The summed E-state index contributed by atoms with van der Waals surface area (Å²) in [5.41, 5.74) is 0.622. The van der Waals surface area contributed by atoms with Gasteiger partial charge in [0.1, 0.15) is 5.75 Å². The van der Waals surface area contributed by atoms with Crippen molar-refractivity contribution >= 4 is 39.0 Å². The Morgan fingerprint density at radius 3 is 2.87 bits per heavy atom. The van der Waals surface area contributed by atoms with Crippen LogP contribution in [0.25, 0.3) is 10.1 Å². The van der Waals surface area contributed by atoms with Crippen LogP contribution in [0.1, 0.15) is 5.56 Å². The maximum atomic E-state index is 10.6. The molecule has 0 spiro atoms. The summed E-state index contributed by atoms with van der Waals surface area (Å²) in [4.78, 5) is 10.6. The molecule has 0 aliphatic rings. The molecule has 1 aromatic carbocycles. The monoisotopic (exact) mass is 242 g/mol. The van der Waals surface area contributed by atoms with Crippen LogP contribution in [0.5, 0.6) is 5.75 Å². The Kier molecular flexibility index (Phi) is 2.54. The highest BCUT2D eigenvalue weighted by Crippen LogP contribution is 2.36. The molecule has 0 saturated heterocycles. The third kappa shape index (κ3) is 1.91. The number of aromatic hydroxyl groups is 1. The number of fused-ring (bicyclic) bond motifs is 1. The summed E-state index contributed by atoms with van der Waals surface area (Å²) in [5.74, 6) is -0.876. The lowest BCUT2D eigenvalue weighted by atomic mass is 10.1. The van der Waals surface area contributed by atoms with Gasteiger partial charge in [0.2, 0.25) is 0 Å². The van der Waals surface area contributed by atoms with Gasteiger partial charge in [0.05, 0.1) is 6.42 Å². The Hall–Kier alpha value is -1.26. The third-order valence-electron chi connectivity index (χ3n) is 2.04. The molecule has 2 rings (SSSR count). The molecule has 78 valence electrons. The highest BCUT2D eigenvalue weighted by Gasteiger charge is 2.12. The predicted octanol–water partition coefficient (Wildman–Crippen LogP) is 2.89. The molecular weight excluding hydrogens is 236 g/mol.